The fourth-order valence-corrected chi connectivity index (χ4v) is 5.01. The van der Waals surface area contributed by atoms with E-state index in [4.69, 9.17) is 9.15 Å². The van der Waals surface area contributed by atoms with Crippen molar-refractivity contribution in [3.63, 3.8) is 0 Å². The van der Waals surface area contributed by atoms with Crippen LogP contribution >= 0.6 is 11.3 Å². The van der Waals surface area contributed by atoms with Gasteiger partial charge in [-0.3, -0.25) is 4.79 Å². The first-order chi connectivity index (χ1) is 15.6. The Morgan fingerprint density at radius 2 is 1.94 bits per heavy atom. The maximum absolute atomic E-state index is 12.5. The molecule has 1 aliphatic carbocycles. The Labute approximate surface area is 187 Å². The minimum atomic E-state index is -0.376. The van der Waals surface area contributed by atoms with Gasteiger partial charge in [0.15, 0.2) is 6.61 Å². The number of carbonyl (C=O) groups is 1. The number of rotatable bonds is 5. The van der Waals surface area contributed by atoms with Crippen LogP contribution in [-0.2, 0) is 17.6 Å². The number of thiophene rings is 1. The molecule has 0 spiro atoms. The Bertz CT molecular complexity index is 1430. The zero-order chi connectivity index (χ0) is 22.1. The fraction of sp³-hybridized carbons (Fsp3) is 0.160. The van der Waals surface area contributed by atoms with Gasteiger partial charge in [-0.25, -0.2) is 4.79 Å². The van der Waals surface area contributed by atoms with Crippen molar-refractivity contribution in [1.82, 2.24) is 0 Å². The van der Waals surface area contributed by atoms with E-state index in [1.54, 1.807) is 18.2 Å². The highest BCUT2D eigenvalue weighted by atomic mass is 32.1. The topological polar surface area (TPSA) is 92.3 Å². The van der Waals surface area contributed by atoms with Crippen molar-refractivity contribution in [3.05, 3.63) is 81.7 Å². The summed E-state index contributed by atoms with van der Waals surface area (Å²) in [7, 11) is 0. The van der Waals surface area contributed by atoms with Gasteiger partial charge in [-0.05, 0) is 48.6 Å². The van der Waals surface area contributed by atoms with Gasteiger partial charge in [0, 0.05) is 21.9 Å². The second kappa shape index (κ2) is 8.33. The molecule has 4 aromatic rings. The third-order valence-electron chi connectivity index (χ3n) is 5.48. The predicted molar refractivity (Wildman–Crippen MR) is 123 cm³/mol. The first kappa shape index (κ1) is 20.0. The van der Waals surface area contributed by atoms with Crippen LogP contribution in [0.5, 0.6) is 5.75 Å². The molecule has 0 unspecified atom stereocenters. The number of carbonyl (C=O) groups excluding carboxylic acids is 1. The molecular weight excluding hydrogens is 424 g/mol. The number of fused-ring (bicyclic) bond motifs is 3. The van der Waals surface area contributed by atoms with E-state index >= 15 is 0 Å². The molecule has 0 radical (unpaired) electrons. The molecule has 0 bridgehead atoms. The van der Waals surface area contributed by atoms with Crippen molar-refractivity contribution in [3.8, 4) is 22.3 Å². The van der Waals surface area contributed by atoms with Gasteiger partial charge in [-0.15, -0.1) is 11.3 Å². The minimum Gasteiger partial charge on any atom is -0.484 e. The highest BCUT2D eigenvalue weighted by molar-refractivity contribution is 7.19. The molecule has 0 aliphatic heterocycles. The van der Waals surface area contributed by atoms with Crippen molar-refractivity contribution in [2.24, 2.45) is 0 Å². The molecule has 2 aromatic carbocycles. The molecule has 158 valence electrons. The Kier molecular flexibility index (Phi) is 5.21. The summed E-state index contributed by atoms with van der Waals surface area (Å²) in [5.41, 5.74) is 3.38. The molecule has 1 N–H and O–H groups in total. The second-order valence-electron chi connectivity index (χ2n) is 7.53. The van der Waals surface area contributed by atoms with E-state index < -0.39 is 0 Å². The Hall–Kier alpha value is -3.89. The Morgan fingerprint density at radius 3 is 2.75 bits per heavy atom. The number of nitriles is 1. The van der Waals surface area contributed by atoms with Crippen molar-refractivity contribution in [2.45, 2.75) is 19.3 Å². The molecule has 0 saturated heterocycles. The number of nitrogens with zero attached hydrogens (tertiary/aromatic N) is 1. The third kappa shape index (κ3) is 3.77. The van der Waals surface area contributed by atoms with Crippen molar-refractivity contribution < 1.29 is 13.9 Å². The molecular formula is C25H18N2O4S. The lowest BCUT2D eigenvalue weighted by molar-refractivity contribution is -0.118. The van der Waals surface area contributed by atoms with Crippen LogP contribution in [0.2, 0.25) is 0 Å². The van der Waals surface area contributed by atoms with E-state index in [1.807, 2.05) is 36.4 Å². The van der Waals surface area contributed by atoms with Crippen LogP contribution in [0.25, 0.3) is 21.4 Å². The average Bonchev–Trinajstić information content (AvgIpc) is 3.46. The zero-order valence-corrected chi connectivity index (χ0v) is 17.8. The van der Waals surface area contributed by atoms with Crippen LogP contribution in [0.4, 0.5) is 5.00 Å². The van der Waals surface area contributed by atoms with E-state index in [9.17, 15) is 14.9 Å². The van der Waals surface area contributed by atoms with Crippen LogP contribution in [0, 0.1) is 11.3 Å². The number of hydrogen-bond donors (Lipinski definition) is 1. The SMILES string of the molecule is N#Cc1cc(-c2ccccc2)sc1NC(=O)COc1ccc2c3c(c(=O)oc2c1)CCC3. The summed E-state index contributed by atoms with van der Waals surface area (Å²) in [6, 6.07) is 18.8. The third-order valence-corrected chi connectivity index (χ3v) is 6.58. The van der Waals surface area contributed by atoms with Gasteiger partial charge in [0.1, 0.15) is 22.4 Å². The Morgan fingerprint density at radius 1 is 1.12 bits per heavy atom. The quantitative estimate of drug-likeness (QED) is 0.444. The molecule has 0 atom stereocenters. The van der Waals surface area contributed by atoms with E-state index in [0.717, 1.165) is 46.2 Å². The molecule has 2 heterocycles. The second-order valence-corrected chi connectivity index (χ2v) is 8.58. The maximum atomic E-state index is 12.5. The van der Waals surface area contributed by atoms with Gasteiger partial charge in [-0.2, -0.15) is 5.26 Å². The van der Waals surface area contributed by atoms with E-state index in [2.05, 4.69) is 11.4 Å². The number of amides is 1. The Balaban J connectivity index is 1.30. The molecule has 1 amide bonds. The van der Waals surface area contributed by atoms with E-state index in [1.165, 1.54) is 11.3 Å². The van der Waals surface area contributed by atoms with Crippen molar-refractivity contribution >= 4 is 33.2 Å². The molecule has 0 saturated carbocycles. The normalized spacial score (nSPS) is 12.3. The molecule has 7 heteroatoms. The number of ether oxygens (including phenoxy) is 1. The molecule has 5 rings (SSSR count). The van der Waals surface area contributed by atoms with E-state index in [-0.39, 0.29) is 18.1 Å². The van der Waals surface area contributed by atoms with Crippen LogP contribution in [-0.4, -0.2) is 12.5 Å². The summed E-state index contributed by atoms with van der Waals surface area (Å²) in [5.74, 6) is 0.0591. The smallest absolute Gasteiger partial charge is 0.339 e. The van der Waals surface area contributed by atoms with Crippen LogP contribution in [0.3, 0.4) is 0 Å². The molecule has 1 aliphatic rings. The number of nitrogens with one attached hydrogen (secondary N) is 1. The van der Waals surface area contributed by atoms with E-state index in [0.29, 0.717) is 21.9 Å². The van der Waals surface area contributed by atoms with Crippen LogP contribution in [0.1, 0.15) is 23.1 Å². The lowest BCUT2D eigenvalue weighted by Crippen LogP contribution is -2.20. The average molecular weight is 442 g/mol. The van der Waals surface area contributed by atoms with Gasteiger partial charge in [0.05, 0.1) is 5.56 Å². The molecule has 2 aromatic heterocycles. The van der Waals surface area contributed by atoms with Gasteiger partial charge in [0.2, 0.25) is 0 Å². The number of benzene rings is 2. The zero-order valence-electron chi connectivity index (χ0n) is 17.0. The lowest BCUT2D eigenvalue weighted by atomic mass is 10.1. The molecule has 32 heavy (non-hydrogen) atoms. The largest absolute Gasteiger partial charge is 0.484 e. The number of aryl methyl sites for hydroxylation is 1. The van der Waals surface area contributed by atoms with Crippen molar-refractivity contribution in [1.29, 1.82) is 5.26 Å². The lowest BCUT2D eigenvalue weighted by Gasteiger charge is -2.09. The van der Waals surface area contributed by atoms with Gasteiger partial charge < -0.3 is 14.5 Å². The first-order valence-electron chi connectivity index (χ1n) is 10.2. The summed E-state index contributed by atoms with van der Waals surface area (Å²) >= 11 is 1.34. The highest BCUT2D eigenvalue weighted by Gasteiger charge is 2.20. The maximum Gasteiger partial charge on any atom is 0.339 e. The standard InChI is InChI=1S/C25H18N2O4S/c26-13-16-11-22(15-5-2-1-3-6-15)32-24(16)27-23(28)14-30-17-9-10-19-18-7-4-8-20(18)25(29)31-21(19)12-17/h1-3,5-6,9-12H,4,7-8,14H2,(H,27,28). The highest BCUT2D eigenvalue weighted by Crippen LogP contribution is 2.35. The predicted octanol–water partition coefficient (Wildman–Crippen LogP) is 4.90. The fourth-order valence-electron chi connectivity index (χ4n) is 3.98. The minimum absolute atomic E-state index is 0.232. The van der Waals surface area contributed by atoms with Gasteiger partial charge in [0.25, 0.3) is 5.91 Å². The summed E-state index contributed by atoms with van der Waals surface area (Å²) in [5, 5.41) is 13.6. The first-order valence-corrected chi connectivity index (χ1v) is 11.0. The summed E-state index contributed by atoms with van der Waals surface area (Å²) in [6.07, 6.45) is 2.58. The molecule has 6 nitrogen and oxygen atoms in total. The summed E-state index contributed by atoms with van der Waals surface area (Å²) < 4.78 is 11.1. The number of hydrogen-bond acceptors (Lipinski definition) is 6. The van der Waals surface area contributed by atoms with Gasteiger partial charge >= 0.3 is 5.63 Å². The summed E-state index contributed by atoms with van der Waals surface area (Å²) in [4.78, 5) is 25.5. The van der Waals surface area contributed by atoms with Crippen molar-refractivity contribution in [2.75, 3.05) is 11.9 Å². The van der Waals surface area contributed by atoms with Gasteiger partial charge in [-0.1, -0.05) is 30.3 Å². The van der Waals surface area contributed by atoms with Crippen LogP contribution < -0.4 is 15.7 Å². The van der Waals surface area contributed by atoms with Crippen LogP contribution in [0.15, 0.2) is 63.8 Å². The monoisotopic (exact) mass is 442 g/mol. The summed E-state index contributed by atoms with van der Waals surface area (Å²) in [6.45, 7) is -0.232. The number of anilines is 1. The molecule has 0 fully saturated rings.